The molecule has 1 amide bonds. The molecular weight excluding hydrogens is 324 g/mol. The van der Waals surface area contributed by atoms with Gasteiger partial charge in [-0.15, -0.1) is 0 Å². The maximum absolute atomic E-state index is 12.0. The summed E-state index contributed by atoms with van der Waals surface area (Å²) in [7, 11) is 0. The van der Waals surface area contributed by atoms with Crippen LogP contribution in [-0.4, -0.2) is 32.5 Å². The monoisotopic (exact) mass is 338 g/mol. The number of phenolic OH excluding ortho intramolecular Hbond substituents is 4. The molecule has 0 fully saturated rings. The Hall–Kier alpha value is -3.74. The van der Waals surface area contributed by atoms with Gasteiger partial charge in [-0.05, 0) is 23.6 Å². The first-order valence-corrected chi connectivity index (χ1v) is 7.26. The lowest BCUT2D eigenvalue weighted by molar-refractivity contribution is 0.0954. The van der Waals surface area contributed by atoms with Gasteiger partial charge in [-0.25, -0.2) is 5.43 Å². The minimum atomic E-state index is -0.707. The van der Waals surface area contributed by atoms with Crippen LogP contribution in [0.25, 0.3) is 10.8 Å². The number of fused-ring (bicyclic) bond motifs is 1. The van der Waals surface area contributed by atoms with E-state index in [4.69, 9.17) is 0 Å². The maximum atomic E-state index is 12.0. The topological polar surface area (TPSA) is 122 Å². The molecule has 25 heavy (non-hydrogen) atoms. The summed E-state index contributed by atoms with van der Waals surface area (Å²) in [5.74, 6) is -2.62. The Balaban J connectivity index is 1.79. The van der Waals surface area contributed by atoms with Crippen molar-refractivity contribution in [3.05, 3.63) is 59.7 Å². The quantitative estimate of drug-likeness (QED) is 0.285. The van der Waals surface area contributed by atoms with Gasteiger partial charge in [0.1, 0.15) is 5.75 Å². The fourth-order valence-corrected chi connectivity index (χ4v) is 2.34. The Labute approximate surface area is 142 Å². The molecule has 0 unspecified atom stereocenters. The highest BCUT2D eigenvalue weighted by Crippen LogP contribution is 2.35. The number of benzene rings is 3. The zero-order valence-corrected chi connectivity index (χ0v) is 12.8. The van der Waals surface area contributed by atoms with Gasteiger partial charge in [0.25, 0.3) is 5.91 Å². The van der Waals surface area contributed by atoms with E-state index in [0.717, 1.165) is 17.5 Å². The molecule has 0 aliphatic carbocycles. The molecule has 3 aromatic rings. The summed E-state index contributed by atoms with van der Waals surface area (Å²) in [5.41, 5.74) is 2.53. The molecule has 0 aliphatic heterocycles. The number of hydrogen-bond acceptors (Lipinski definition) is 6. The number of carbonyl (C=O) groups excluding carboxylic acids is 1. The van der Waals surface area contributed by atoms with Gasteiger partial charge in [0.05, 0.1) is 6.21 Å². The van der Waals surface area contributed by atoms with Crippen LogP contribution in [0, 0.1) is 0 Å². The Morgan fingerprint density at radius 3 is 2.32 bits per heavy atom. The highest BCUT2D eigenvalue weighted by Gasteiger charge is 2.13. The standard InChI is InChI=1S/C18H14N2O5/c21-14-7-12(8-15(22)17(14)24)18(25)20-19-9-11-6-5-10-3-1-2-4-13(10)16(11)23/h1-9,21-24H,(H,20,25)/b19-9+. The second-order valence-corrected chi connectivity index (χ2v) is 5.29. The fourth-order valence-electron chi connectivity index (χ4n) is 2.34. The lowest BCUT2D eigenvalue weighted by Gasteiger charge is -2.05. The molecule has 0 aliphatic rings. The summed E-state index contributed by atoms with van der Waals surface area (Å²) in [6.45, 7) is 0. The lowest BCUT2D eigenvalue weighted by Crippen LogP contribution is -2.17. The Kier molecular flexibility index (Phi) is 4.13. The van der Waals surface area contributed by atoms with E-state index in [-0.39, 0.29) is 11.3 Å². The second kappa shape index (κ2) is 6.40. The van der Waals surface area contributed by atoms with Crippen LogP contribution in [-0.2, 0) is 0 Å². The van der Waals surface area contributed by atoms with Gasteiger partial charge in [-0.2, -0.15) is 5.10 Å². The molecule has 0 heterocycles. The largest absolute Gasteiger partial charge is 0.507 e. The predicted octanol–water partition coefficient (Wildman–Crippen LogP) is 2.43. The number of aromatic hydroxyl groups is 4. The second-order valence-electron chi connectivity index (χ2n) is 5.29. The van der Waals surface area contributed by atoms with Gasteiger partial charge in [0, 0.05) is 16.5 Å². The highest BCUT2D eigenvalue weighted by molar-refractivity contribution is 5.99. The first-order chi connectivity index (χ1) is 12.0. The zero-order chi connectivity index (χ0) is 18.0. The molecule has 7 heteroatoms. The minimum absolute atomic E-state index is 0.0380. The number of phenols is 4. The molecule has 0 atom stereocenters. The van der Waals surface area contributed by atoms with E-state index in [2.05, 4.69) is 10.5 Å². The molecule has 0 aromatic heterocycles. The molecule has 3 aromatic carbocycles. The zero-order valence-electron chi connectivity index (χ0n) is 12.8. The van der Waals surface area contributed by atoms with Gasteiger partial charge in [-0.1, -0.05) is 30.3 Å². The van der Waals surface area contributed by atoms with Crippen LogP contribution >= 0.6 is 0 Å². The van der Waals surface area contributed by atoms with Gasteiger partial charge >= 0.3 is 0 Å². The normalized spacial score (nSPS) is 11.0. The van der Waals surface area contributed by atoms with Crippen LogP contribution in [0.3, 0.4) is 0 Å². The van der Waals surface area contributed by atoms with E-state index >= 15 is 0 Å². The summed E-state index contributed by atoms with van der Waals surface area (Å²) in [5, 5.41) is 43.6. The van der Waals surface area contributed by atoms with Crippen molar-refractivity contribution in [1.29, 1.82) is 0 Å². The Morgan fingerprint density at radius 2 is 1.60 bits per heavy atom. The van der Waals surface area contributed by atoms with Crippen LogP contribution in [0.4, 0.5) is 0 Å². The van der Waals surface area contributed by atoms with Crippen molar-refractivity contribution in [2.75, 3.05) is 0 Å². The van der Waals surface area contributed by atoms with Crippen LogP contribution in [0.1, 0.15) is 15.9 Å². The van der Waals surface area contributed by atoms with E-state index in [1.807, 2.05) is 18.2 Å². The average molecular weight is 338 g/mol. The molecular formula is C18H14N2O5. The van der Waals surface area contributed by atoms with E-state index < -0.39 is 23.2 Å². The summed E-state index contributed by atoms with van der Waals surface area (Å²) in [6, 6.07) is 12.7. The molecule has 0 saturated heterocycles. The summed E-state index contributed by atoms with van der Waals surface area (Å²) in [6.07, 6.45) is 1.28. The molecule has 5 N–H and O–H groups in total. The van der Waals surface area contributed by atoms with Gasteiger partial charge in [0.2, 0.25) is 0 Å². The number of amides is 1. The van der Waals surface area contributed by atoms with Crippen LogP contribution in [0.5, 0.6) is 23.0 Å². The van der Waals surface area contributed by atoms with Crippen LogP contribution < -0.4 is 5.43 Å². The van der Waals surface area contributed by atoms with Crippen LogP contribution in [0.2, 0.25) is 0 Å². The van der Waals surface area contributed by atoms with Gasteiger partial charge < -0.3 is 20.4 Å². The van der Waals surface area contributed by atoms with E-state index in [1.165, 1.54) is 6.21 Å². The summed E-state index contributed by atoms with van der Waals surface area (Å²) < 4.78 is 0. The van der Waals surface area contributed by atoms with Crippen molar-refractivity contribution < 1.29 is 25.2 Å². The predicted molar refractivity (Wildman–Crippen MR) is 92.1 cm³/mol. The molecule has 0 radical (unpaired) electrons. The van der Waals surface area contributed by atoms with Crippen molar-refractivity contribution in [1.82, 2.24) is 5.43 Å². The average Bonchev–Trinajstić information content (AvgIpc) is 2.61. The number of nitrogens with one attached hydrogen (secondary N) is 1. The molecule has 0 bridgehead atoms. The Morgan fingerprint density at radius 1 is 0.920 bits per heavy atom. The molecule has 126 valence electrons. The first-order valence-electron chi connectivity index (χ1n) is 7.26. The van der Waals surface area contributed by atoms with Crippen molar-refractivity contribution in [3.8, 4) is 23.0 Å². The molecule has 0 saturated carbocycles. The van der Waals surface area contributed by atoms with E-state index in [9.17, 15) is 25.2 Å². The fraction of sp³-hybridized carbons (Fsp3) is 0. The number of carbonyl (C=O) groups is 1. The van der Waals surface area contributed by atoms with Crippen molar-refractivity contribution >= 4 is 22.9 Å². The van der Waals surface area contributed by atoms with Crippen molar-refractivity contribution in [2.45, 2.75) is 0 Å². The minimum Gasteiger partial charge on any atom is -0.507 e. The van der Waals surface area contributed by atoms with Crippen molar-refractivity contribution in [3.63, 3.8) is 0 Å². The SMILES string of the molecule is O=C(N/N=C/c1ccc2ccccc2c1O)c1cc(O)c(O)c(O)c1. The number of nitrogens with zero attached hydrogens (tertiary/aromatic N) is 1. The lowest BCUT2D eigenvalue weighted by atomic mass is 10.1. The molecule has 3 rings (SSSR count). The smallest absolute Gasteiger partial charge is 0.271 e. The number of hydrogen-bond donors (Lipinski definition) is 5. The number of rotatable bonds is 3. The third-order valence-corrected chi connectivity index (χ3v) is 3.63. The Bertz CT molecular complexity index is 975. The molecule has 7 nitrogen and oxygen atoms in total. The third kappa shape index (κ3) is 3.16. The summed E-state index contributed by atoms with van der Waals surface area (Å²) >= 11 is 0. The summed E-state index contributed by atoms with van der Waals surface area (Å²) in [4.78, 5) is 12.0. The van der Waals surface area contributed by atoms with Crippen molar-refractivity contribution in [2.24, 2.45) is 5.10 Å². The highest BCUT2D eigenvalue weighted by atomic mass is 16.3. The first kappa shape index (κ1) is 16.1. The van der Waals surface area contributed by atoms with Crippen LogP contribution in [0.15, 0.2) is 53.6 Å². The van der Waals surface area contributed by atoms with E-state index in [1.54, 1.807) is 18.2 Å². The van der Waals surface area contributed by atoms with Gasteiger partial charge in [-0.3, -0.25) is 4.79 Å². The van der Waals surface area contributed by atoms with E-state index in [0.29, 0.717) is 10.9 Å². The molecule has 0 spiro atoms. The van der Waals surface area contributed by atoms with Gasteiger partial charge in [0.15, 0.2) is 17.2 Å². The third-order valence-electron chi connectivity index (χ3n) is 3.63. The number of hydrazone groups is 1. The maximum Gasteiger partial charge on any atom is 0.271 e.